The Morgan fingerprint density at radius 2 is 2.16 bits per heavy atom. The van der Waals surface area contributed by atoms with Gasteiger partial charge in [-0.3, -0.25) is 4.79 Å². The number of ether oxygens (including phenoxy) is 1. The minimum Gasteiger partial charge on any atom is -0.494 e. The second-order valence-electron chi connectivity index (χ2n) is 3.77. The van der Waals surface area contributed by atoms with Crippen LogP contribution >= 0.6 is 0 Å². The highest BCUT2D eigenvalue weighted by molar-refractivity contribution is 6.05. The molecule has 6 heteroatoms. The van der Waals surface area contributed by atoms with Crippen molar-refractivity contribution >= 4 is 17.4 Å². The number of rotatable bonds is 3. The molecule has 2 aromatic rings. The van der Waals surface area contributed by atoms with Crippen molar-refractivity contribution in [1.29, 1.82) is 0 Å². The van der Waals surface area contributed by atoms with Gasteiger partial charge >= 0.3 is 0 Å². The van der Waals surface area contributed by atoms with E-state index in [1.807, 2.05) is 0 Å². The third-order valence-electron chi connectivity index (χ3n) is 2.46. The summed E-state index contributed by atoms with van der Waals surface area (Å²) in [5.41, 5.74) is 6.24. The molecule has 0 aliphatic heterocycles. The molecular weight excluding hydrogens is 249 g/mol. The molecule has 1 aromatic heterocycles. The number of halogens is 1. The molecule has 1 amide bonds. The Bertz CT molecular complexity index is 617. The van der Waals surface area contributed by atoms with E-state index in [1.54, 1.807) is 0 Å². The smallest absolute Gasteiger partial charge is 0.255 e. The van der Waals surface area contributed by atoms with Crippen molar-refractivity contribution in [1.82, 2.24) is 4.98 Å². The molecule has 1 aromatic carbocycles. The molecule has 98 valence electrons. The summed E-state index contributed by atoms with van der Waals surface area (Å²) in [5.74, 6) is -0.323. The molecule has 5 nitrogen and oxygen atoms in total. The molecule has 19 heavy (non-hydrogen) atoms. The van der Waals surface area contributed by atoms with Gasteiger partial charge in [0.15, 0.2) is 0 Å². The summed E-state index contributed by atoms with van der Waals surface area (Å²) in [6.45, 7) is 0. The summed E-state index contributed by atoms with van der Waals surface area (Å²) in [4.78, 5) is 15.8. The second kappa shape index (κ2) is 5.34. The quantitative estimate of drug-likeness (QED) is 0.886. The van der Waals surface area contributed by atoms with Gasteiger partial charge < -0.3 is 15.8 Å². The van der Waals surface area contributed by atoms with Gasteiger partial charge in [0.1, 0.15) is 17.4 Å². The summed E-state index contributed by atoms with van der Waals surface area (Å²) in [5, 5.41) is 2.62. The first-order chi connectivity index (χ1) is 9.10. The van der Waals surface area contributed by atoms with E-state index in [0.717, 1.165) is 0 Å². The molecule has 0 unspecified atom stereocenters. The van der Waals surface area contributed by atoms with Gasteiger partial charge in [0, 0.05) is 17.8 Å². The lowest BCUT2D eigenvalue weighted by atomic mass is 10.2. The lowest BCUT2D eigenvalue weighted by Gasteiger charge is -2.10. The monoisotopic (exact) mass is 261 g/mol. The van der Waals surface area contributed by atoms with Crippen LogP contribution in [0.3, 0.4) is 0 Å². The zero-order valence-electron chi connectivity index (χ0n) is 10.2. The number of nitrogens with two attached hydrogens (primary N) is 1. The number of carbonyl (C=O) groups is 1. The molecule has 0 atom stereocenters. The number of nitrogens with one attached hydrogen (secondary N) is 1. The predicted molar refractivity (Wildman–Crippen MR) is 69.6 cm³/mol. The van der Waals surface area contributed by atoms with E-state index in [4.69, 9.17) is 10.5 Å². The molecule has 3 N–H and O–H groups in total. The first-order valence-electron chi connectivity index (χ1n) is 5.46. The fraction of sp³-hybridized carbons (Fsp3) is 0.0769. The number of aromatic nitrogens is 1. The average molecular weight is 261 g/mol. The van der Waals surface area contributed by atoms with Crippen molar-refractivity contribution in [2.75, 3.05) is 18.2 Å². The van der Waals surface area contributed by atoms with Crippen LogP contribution in [-0.2, 0) is 0 Å². The van der Waals surface area contributed by atoms with Crippen LogP contribution in [0.1, 0.15) is 10.4 Å². The van der Waals surface area contributed by atoms with Gasteiger partial charge in [-0.05, 0) is 24.3 Å². The van der Waals surface area contributed by atoms with Crippen LogP contribution < -0.4 is 15.8 Å². The minimum absolute atomic E-state index is 0.246. The number of hydrogen-bond acceptors (Lipinski definition) is 4. The maximum absolute atomic E-state index is 13.0. The van der Waals surface area contributed by atoms with Gasteiger partial charge in [-0.15, -0.1) is 0 Å². The number of benzene rings is 1. The number of nitrogens with zero attached hydrogens (tertiary/aromatic N) is 1. The van der Waals surface area contributed by atoms with Crippen molar-refractivity contribution in [3.8, 4) is 5.75 Å². The first kappa shape index (κ1) is 12.8. The van der Waals surface area contributed by atoms with Gasteiger partial charge in [-0.1, -0.05) is 0 Å². The van der Waals surface area contributed by atoms with Crippen molar-refractivity contribution in [2.45, 2.75) is 0 Å². The molecular formula is C13H12FN3O2. The Kier molecular flexibility index (Phi) is 3.61. The molecule has 0 radical (unpaired) electrons. The largest absolute Gasteiger partial charge is 0.494 e. The second-order valence-corrected chi connectivity index (χ2v) is 3.77. The summed E-state index contributed by atoms with van der Waals surface area (Å²) in [6.07, 6.45) is 1.44. The number of hydrogen-bond donors (Lipinski definition) is 2. The number of amides is 1. The van der Waals surface area contributed by atoms with Gasteiger partial charge in [-0.25, -0.2) is 9.37 Å². The van der Waals surface area contributed by atoms with Crippen molar-refractivity contribution < 1.29 is 13.9 Å². The fourth-order valence-electron chi connectivity index (χ4n) is 1.55. The van der Waals surface area contributed by atoms with Crippen LogP contribution in [0.5, 0.6) is 5.75 Å². The summed E-state index contributed by atoms with van der Waals surface area (Å²) in [6, 6.07) is 6.83. The maximum atomic E-state index is 13.0. The number of nitrogen functional groups attached to an aromatic ring is 1. The number of pyridine rings is 1. The van der Waals surface area contributed by atoms with E-state index in [-0.39, 0.29) is 17.5 Å². The van der Waals surface area contributed by atoms with E-state index in [9.17, 15) is 9.18 Å². The van der Waals surface area contributed by atoms with Crippen LogP contribution in [0.25, 0.3) is 0 Å². The highest BCUT2D eigenvalue weighted by atomic mass is 19.1. The zero-order chi connectivity index (χ0) is 13.8. The normalized spacial score (nSPS) is 10.0. The molecule has 0 saturated carbocycles. The molecule has 0 bridgehead atoms. The molecule has 0 fully saturated rings. The highest BCUT2D eigenvalue weighted by Gasteiger charge is 2.10. The number of carbonyl (C=O) groups excluding carboxylic acids is 1. The van der Waals surface area contributed by atoms with E-state index < -0.39 is 5.82 Å². The topological polar surface area (TPSA) is 77.2 Å². The standard InChI is InChI=1S/C13H12FN3O2/c1-19-11-7-9(14)2-3-10(11)17-13(18)8-4-5-16-12(15)6-8/h2-7H,1H3,(H2,15,16)(H,17,18). The third-order valence-corrected chi connectivity index (χ3v) is 2.46. The molecule has 0 aliphatic rings. The summed E-state index contributed by atoms with van der Waals surface area (Å²) < 4.78 is 18.0. The molecule has 1 heterocycles. The summed E-state index contributed by atoms with van der Waals surface area (Å²) in [7, 11) is 1.40. The lowest BCUT2D eigenvalue weighted by molar-refractivity contribution is 0.102. The molecule has 2 rings (SSSR count). The van der Waals surface area contributed by atoms with Gasteiger partial charge in [0.2, 0.25) is 0 Å². The average Bonchev–Trinajstić information content (AvgIpc) is 2.40. The third kappa shape index (κ3) is 2.98. The van der Waals surface area contributed by atoms with E-state index in [1.165, 1.54) is 43.6 Å². The van der Waals surface area contributed by atoms with Crippen LogP contribution in [0, 0.1) is 5.82 Å². The molecule has 0 spiro atoms. The SMILES string of the molecule is COc1cc(F)ccc1NC(=O)c1ccnc(N)c1. The molecule has 0 saturated heterocycles. The predicted octanol–water partition coefficient (Wildman–Crippen LogP) is 2.06. The van der Waals surface area contributed by atoms with E-state index in [0.29, 0.717) is 11.3 Å². The van der Waals surface area contributed by atoms with Crippen LogP contribution in [-0.4, -0.2) is 18.0 Å². The Hall–Kier alpha value is -2.63. The van der Waals surface area contributed by atoms with Crippen LogP contribution in [0.4, 0.5) is 15.9 Å². The van der Waals surface area contributed by atoms with Crippen molar-refractivity contribution in [2.24, 2.45) is 0 Å². The maximum Gasteiger partial charge on any atom is 0.255 e. The van der Waals surface area contributed by atoms with Crippen LogP contribution in [0.15, 0.2) is 36.5 Å². The van der Waals surface area contributed by atoms with Crippen molar-refractivity contribution in [3.63, 3.8) is 0 Å². The first-order valence-corrected chi connectivity index (χ1v) is 5.46. The zero-order valence-corrected chi connectivity index (χ0v) is 10.2. The summed E-state index contributed by atoms with van der Waals surface area (Å²) >= 11 is 0. The Morgan fingerprint density at radius 3 is 2.84 bits per heavy atom. The van der Waals surface area contributed by atoms with Gasteiger partial charge in [-0.2, -0.15) is 0 Å². The van der Waals surface area contributed by atoms with Gasteiger partial charge in [0.25, 0.3) is 5.91 Å². The Balaban J connectivity index is 2.24. The minimum atomic E-state index is -0.442. The number of methoxy groups -OCH3 is 1. The van der Waals surface area contributed by atoms with E-state index in [2.05, 4.69) is 10.3 Å². The lowest BCUT2D eigenvalue weighted by Crippen LogP contribution is -2.13. The van der Waals surface area contributed by atoms with Crippen LogP contribution in [0.2, 0.25) is 0 Å². The Labute approximate surface area is 109 Å². The highest BCUT2D eigenvalue weighted by Crippen LogP contribution is 2.25. The Morgan fingerprint density at radius 1 is 1.37 bits per heavy atom. The fourth-order valence-corrected chi connectivity index (χ4v) is 1.55. The van der Waals surface area contributed by atoms with E-state index >= 15 is 0 Å². The van der Waals surface area contributed by atoms with Gasteiger partial charge in [0.05, 0.1) is 12.8 Å². The molecule has 0 aliphatic carbocycles. The number of anilines is 2. The van der Waals surface area contributed by atoms with Crippen molar-refractivity contribution in [3.05, 3.63) is 47.9 Å².